The SMILES string of the molecule is CCOc1ccc(N(CC)S(=O)(=O)c2ccc3c(c2)CCN3C(=O)CC)cc1. The van der Waals surface area contributed by atoms with Crippen molar-refractivity contribution in [1.29, 1.82) is 0 Å². The van der Waals surface area contributed by atoms with Gasteiger partial charge in [-0.15, -0.1) is 0 Å². The van der Waals surface area contributed by atoms with Gasteiger partial charge in [0.15, 0.2) is 0 Å². The lowest BCUT2D eigenvalue weighted by Gasteiger charge is -2.24. The molecule has 0 N–H and O–H groups in total. The van der Waals surface area contributed by atoms with Crippen molar-refractivity contribution < 1.29 is 17.9 Å². The number of benzene rings is 2. The Morgan fingerprint density at radius 2 is 1.82 bits per heavy atom. The Labute approximate surface area is 166 Å². The highest BCUT2D eigenvalue weighted by Crippen LogP contribution is 2.33. The molecule has 1 heterocycles. The first-order valence-electron chi connectivity index (χ1n) is 9.61. The number of sulfonamides is 1. The van der Waals surface area contributed by atoms with E-state index in [2.05, 4.69) is 0 Å². The van der Waals surface area contributed by atoms with Crippen LogP contribution in [0.25, 0.3) is 0 Å². The van der Waals surface area contributed by atoms with E-state index in [4.69, 9.17) is 4.74 Å². The molecule has 7 heteroatoms. The number of carbonyl (C=O) groups is 1. The van der Waals surface area contributed by atoms with E-state index in [9.17, 15) is 13.2 Å². The third kappa shape index (κ3) is 3.71. The van der Waals surface area contributed by atoms with Crippen LogP contribution in [0, 0.1) is 0 Å². The third-order valence-corrected chi connectivity index (χ3v) is 6.76. The lowest BCUT2D eigenvalue weighted by molar-refractivity contribution is -0.118. The Bertz CT molecular complexity index is 955. The summed E-state index contributed by atoms with van der Waals surface area (Å²) in [5.74, 6) is 0.761. The molecule has 0 saturated heterocycles. The number of amides is 1. The van der Waals surface area contributed by atoms with E-state index >= 15 is 0 Å². The highest BCUT2D eigenvalue weighted by Gasteiger charge is 2.28. The molecular formula is C21H26N2O4S. The van der Waals surface area contributed by atoms with Gasteiger partial charge in [-0.2, -0.15) is 0 Å². The van der Waals surface area contributed by atoms with Crippen LogP contribution in [-0.4, -0.2) is 34.0 Å². The zero-order valence-corrected chi connectivity index (χ0v) is 17.3. The van der Waals surface area contributed by atoms with Crippen LogP contribution in [-0.2, 0) is 21.2 Å². The normalized spacial score (nSPS) is 13.3. The molecule has 1 aliphatic heterocycles. The summed E-state index contributed by atoms with van der Waals surface area (Å²) in [5, 5.41) is 0. The van der Waals surface area contributed by atoms with E-state index < -0.39 is 10.0 Å². The predicted molar refractivity (Wildman–Crippen MR) is 111 cm³/mol. The minimum Gasteiger partial charge on any atom is -0.494 e. The summed E-state index contributed by atoms with van der Waals surface area (Å²) in [6.07, 6.45) is 1.10. The van der Waals surface area contributed by atoms with E-state index in [0.29, 0.717) is 44.0 Å². The van der Waals surface area contributed by atoms with Crippen molar-refractivity contribution in [3.63, 3.8) is 0 Å². The molecule has 0 atom stereocenters. The van der Waals surface area contributed by atoms with Gasteiger partial charge >= 0.3 is 0 Å². The molecule has 0 bridgehead atoms. The Hall–Kier alpha value is -2.54. The number of hydrogen-bond acceptors (Lipinski definition) is 4. The number of rotatable bonds is 7. The number of carbonyl (C=O) groups excluding carboxylic acids is 1. The van der Waals surface area contributed by atoms with Gasteiger partial charge in [-0.25, -0.2) is 8.42 Å². The van der Waals surface area contributed by atoms with Crippen molar-refractivity contribution in [3.8, 4) is 5.75 Å². The van der Waals surface area contributed by atoms with Gasteiger partial charge in [0, 0.05) is 25.2 Å². The summed E-state index contributed by atoms with van der Waals surface area (Å²) in [6.45, 7) is 7.01. The number of anilines is 2. The smallest absolute Gasteiger partial charge is 0.264 e. The van der Waals surface area contributed by atoms with Gasteiger partial charge in [0.25, 0.3) is 10.0 Å². The molecule has 0 saturated carbocycles. The van der Waals surface area contributed by atoms with E-state index in [1.807, 2.05) is 20.8 Å². The molecule has 2 aromatic rings. The molecule has 0 unspecified atom stereocenters. The molecule has 0 aliphatic carbocycles. The Kier molecular flexibility index (Phi) is 5.93. The molecule has 2 aromatic carbocycles. The number of fused-ring (bicyclic) bond motifs is 1. The molecule has 1 amide bonds. The Morgan fingerprint density at radius 1 is 1.11 bits per heavy atom. The molecule has 0 fully saturated rings. The lowest BCUT2D eigenvalue weighted by atomic mass is 10.2. The average Bonchev–Trinajstić information content (AvgIpc) is 3.12. The fraction of sp³-hybridized carbons (Fsp3) is 0.381. The van der Waals surface area contributed by atoms with Gasteiger partial charge in [-0.1, -0.05) is 6.92 Å². The maximum absolute atomic E-state index is 13.3. The highest BCUT2D eigenvalue weighted by molar-refractivity contribution is 7.92. The molecule has 150 valence electrons. The molecule has 28 heavy (non-hydrogen) atoms. The van der Waals surface area contributed by atoms with Crippen LogP contribution in [0.1, 0.15) is 32.8 Å². The molecule has 0 spiro atoms. The Balaban J connectivity index is 1.92. The van der Waals surface area contributed by atoms with Crippen molar-refractivity contribution in [3.05, 3.63) is 48.0 Å². The minimum absolute atomic E-state index is 0.0546. The maximum Gasteiger partial charge on any atom is 0.264 e. The zero-order valence-electron chi connectivity index (χ0n) is 16.5. The first-order valence-corrected chi connectivity index (χ1v) is 11.0. The molecule has 6 nitrogen and oxygen atoms in total. The van der Waals surface area contributed by atoms with Gasteiger partial charge in [0.2, 0.25) is 5.91 Å². The fourth-order valence-corrected chi connectivity index (χ4v) is 5.01. The number of ether oxygens (including phenoxy) is 1. The van der Waals surface area contributed by atoms with Crippen LogP contribution in [0.5, 0.6) is 5.75 Å². The molecule has 0 radical (unpaired) electrons. The Morgan fingerprint density at radius 3 is 2.43 bits per heavy atom. The second-order valence-corrected chi connectivity index (χ2v) is 8.40. The lowest BCUT2D eigenvalue weighted by Crippen LogP contribution is -2.31. The standard InChI is InChI=1S/C21H26N2O4S/c1-4-21(24)22-14-13-16-15-19(11-12-20(16)22)28(25,26)23(5-2)17-7-9-18(10-8-17)27-6-3/h7-12,15H,4-6,13-14H2,1-3H3. The van der Waals surface area contributed by atoms with E-state index in [-0.39, 0.29) is 10.8 Å². The van der Waals surface area contributed by atoms with Crippen molar-refractivity contribution in [2.45, 2.75) is 38.5 Å². The third-order valence-electron chi connectivity index (χ3n) is 4.86. The van der Waals surface area contributed by atoms with Crippen LogP contribution in [0.2, 0.25) is 0 Å². The second kappa shape index (κ2) is 8.22. The monoisotopic (exact) mass is 402 g/mol. The van der Waals surface area contributed by atoms with E-state index in [1.54, 1.807) is 47.4 Å². The van der Waals surface area contributed by atoms with Crippen molar-refractivity contribution >= 4 is 27.3 Å². The summed E-state index contributed by atoms with van der Waals surface area (Å²) in [6, 6.07) is 12.1. The quantitative estimate of drug-likeness (QED) is 0.710. The predicted octanol–water partition coefficient (Wildman–Crippen LogP) is 3.60. The van der Waals surface area contributed by atoms with Crippen LogP contribution >= 0.6 is 0 Å². The van der Waals surface area contributed by atoms with Gasteiger partial charge in [-0.3, -0.25) is 9.10 Å². The maximum atomic E-state index is 13.3. The minimum atomic E-state index is -3.71. The molecule has 1 aliphatic rings. The summed E-state index contributed by atoms with van der Waals surface area (Å²) >= 11 is 0. The van der Waals surface area contributed by atoms with Crippen molar-refractivity contribution in [2.75, 3.05) is 28.9 Å². The first kappa shape index (κ1) is 20.2. The largest absolute Gasteiger partial charge is 0.494 e. The van der Waals surface area contributed by atoms with Crippen LogP contribution in [0.15, 0.2) is 47.4 Å². The van der Waals surface area contributed by atoms with Crippen LogP contribution < -0.4 is 13.9 Å². The molecule has 3 rings (SSSR count). The summed E-state index contributed by atoms with van der Waals surface area (Å²) < 4.78 is 33.3. The first-order chi connectivity index (χ1) is 13.4. The van der Waals surface area contributed by atoms with Gasteiger partial charge < -0.3 is 9.64 Å². The average molecular weight is 403 g/mol. The van der Waals surface area contributed by atoms with E-state index in [0.717, 1.165) is 11.3 Å². The van der Waals surface area contributed by atoms with Crippen LogP contribution in [0.4, 0.5) is 11.4 Å². The van der Waals surface area contributed by atoms with Gasteiger partial charge in [-0.05, 0) is 68.3 Å². The topological polar surface area (TPSA) is 66.9 Å². The number of hydrogen-bond donors (Lipinski definition) is 0. The summed E-state index contributed by atoms with van der Waals surface area (Å²) in [5.41, 5.74) is 2.30. The van der Waals surface area contributed by atoms with Gasteiger partial charge in [0.1, 0.15) is 5.75 Å². The van der Waals surface area contributed by atoms with Crippen LogP contribution in [0.3, 0.4) is 0 Å². The molecular weight excluding hydrogens is 376 g/mol. The van der Waals surface area contributed by atoms with E-state index in [1.165, 1.54) is 4.31 Å². The number of nitrogens with zero attached hydrogens (tertiary/aromatic N) is 2. The van der Waals surface area contributed by atoms with Gasteiger partial charge in [0.05, 0.1) is 17.2 Å². The van der Waals surface area contributed by atoms with Crippen molar-refractivity contribution in [2.24, 2.45) is 0 Å². The second-order valence-electron chi connectivity index (χ2n) is 6.54. The summed E-state index contributed by atoms with van der Waals surface area (Å²) in [7, 11) is -3.71. The molecule has 0 aromatic heterocycles. The summed E-state index contributed by atoms with van der Waals surface area (Å²) in [4.78, 5) is 14.0. The van der Waals surface area contributed by atoms with Crippen molar-refractivity contribution in [1.82, 2.24) is 0 Å². The fourth-order valence-electron chi connectivity index (χ4n) is 3.48. The highest BCUT2D eigenvalue weighted by atomic mass is 32.2. The zero-order chi connectivity index (χ0) is 20.3.